The average molecular weight is 313 g/mol. The van der Waals surface area contributed by atoms with Crippen LogP contribution >= 0.6 is 0 Å². The second-order valence-electron chi connectivity index (χ2n) is 6.32. The van der Waals surface area contributed by atoms with Gasteiger partial charge in [-0.05, 0) is 18.9 Å². The van der Waals surface area contributed by atoms with Gasteiger partial charge in [-0.15, -0.1) is 10.2 Å². The van der Waals surface area contributed by atoms with E-state index in [1.54, 1.807) is 0 Å². The molecule has 1 saturated heterocycles. The summed E-state index contributed by atoms with van der Waals surface area (Å²) >= 11 is 0. The summed E-state index contributed by atoms with van der Waals surface area (Å²) in [6.07, 6.45) is 3.99. The van der Waals surface area contributed by atoms with Gasteiger partial charge in [0.25, 0.3) is 0 Å². The van der Waals surface area contributed by atoms with Crippen molar-refractivity contribution in [1.29, 1.82) is 0 Å². The molecule has 2 heterocycles. The molecule has 1 aromatic heterocycles. The molecule has 0 radical (unpaired) electrons. The summed E-state index contributed by atoms with van der Waals surface area (Å²) in [4.78, 5) is 2.57. The summed E-state index contributed by atoms with van der Waals surface area (Å²) in [5.41, 5.74) is 1.41. The van der Waals surface area contributed by atoms with E-state index >= 15 is 0 Å². The van der Waals surface area contributed by atoms with E-state index in [-0.39, 0.29) is 0 Å². The minimum atomic E-state index is 0.493. The highest BCUT2D eigenvalue weighted by Gasteiger charge is 2.26. The summed E-state index contributed by atoms with van der Waals surface area (Å²) < 4.78 is 2.15. The van der Waals surface area contributed by atoms with Crippen LogP contribution in [0.2, 0.25) is 0 Å². The molecule has 1 aliphatic heterocycles. The zero-order valence-corrected chi connectivity index (χ0v) is 14.2. The zero-order valence-electron chi connectivity index (χ0n) is 14.2. The van der Waals surface area contributed by atoms with Gasteiger partial charge in [-0.3, -0.25) is 4.90 Å². The molecule has 2 aromatic rings. The van der Waals surface area contributed by atoms with Gasteiger partial charge in [0.1, 0.15) is 12.2 Å². The molecule has 5 nitrogen and oxygen atoms in total. The van der Waals surface area contributed by atoms with Crippen molar-refractivity contribution in [3.05, 3.63) is 48.0 Å². The maximum atomic E-state index is 4.13. The average Bonchev–Trinajstić information content (AvgIpc) is 3.24. The smallest absolute Gasteiger partial charge is 0.132 e. The largest absolute Gasteiger partial charge is 0.316 e. The van der Waals surface area contributed by atoms with Gasteiger partial charge in [0.15, 0.2) is 0 Å². The first-order chi connectivity index (χ1) is 11.3. The molecule has 2 atom stereocenters. The molecule has 1 fully saturated rings. The van der Waals surface area contributed by atoms with Gasteiger partial charge in [0, 0.05) is 44.7 Å². The van der Waals surface area contributed by atoms with E-state index in [2.05, 4.69) is 69.2 Å². The summed E-state index contributed by atoms with van der Waals surface area (Å²) in [6.45, 7) is 8.64. The first-order valence-electron chi connectivity index (χ1n) is 8.67. The first kappa shape index (κ1) is 16.1. The standard InChI is InChI=1S/C18H27N5/c1-3-18-21-20-14-23(18)12-10-19-17-9-11-22(13-17)15(2)16-7-5-4-6-8-16/h4-8,14-15,17,19H,3,9-13H2,1-2H3. The van der Waals surface area contributed by atoms with Crippen LogP contribution in [0.15, 0.2) is 36.7 Å². The molecule has 1 aromatic carbocycles. The lowest BCUT2D eigenvalue weighted by Crippen LogP contribution is -2.35. The van der Waals surface area contributed by atoms with Gasteiger partial charge in [0.2, 0.25) is 0 Å². The number of hydrogen-bond donors (Lipinski definition) is 1. The van der Waals surface area contributed by atoms with Gasteiger partial charge in [-0.1, -0.05) is 37.3 Å². The van der Waals surface area contributed by atoms with E-state index < -0.39 is 0 Å². The Kier molecular flexibility index (Phi) is 5.41. The number of benzene rings is 1. The van der Waals surface area contributed by atoms with Crippen molar-refractivity contribution in [2.45, 2.75) is 45.3 Å². The maximum absolute atomic E-state index is 4.13. The molecule has 0 bridgehead atoms. The predicted molar refractivity (Wildman–Crippen MR) is 92.2 cm³/mol. The highest BCUT2D eigenvalue weighted by molar-refractivity contribution is 5.18. The topological polar surface area (TPSA) is 46.0 Å². The summed E-state index contributed by atoms with van der Waals surface area (Å²) in [5.74, 6) is 1.07. The van der Waals surface area contributed by atoms with Crippen molar-refractivity contribution < 1.29 is 0 Å². The highest BCUT2D eigenvalue weighted by Crippen LogP contribution is 2.24. The first-order valence-corrected chi connectivity index (χ1v) is 8.67. The van der Waals surface area contributed by atoms with Crippen LogP contribution in [0.3, 0.4) is 0 Å². The lowest BCUT2D eigenvalue weighted by molar-refractivity contribution is 0.255. The molecule has 0 saturated carbocycles. The highest BCUT2D eigenvalue weighted by atomic mass is 15.3. The molecule has 3 rings (SSSR count). The fraction of sp³-hybridized carbons (Fsp3) is 0.556. The van der Waals surface area contributed by atoms with Crippen LogP contribution in [0.25, 0.3) is 0 Å². The summed E-state index contributed by atoms with van der Waals surface area (Å²) in [7, 11) is 0. The molecule has 2 unspecified atom stereocenters. The number of rotatable bonds is 7. The second kappa shape index (κ2) is 7.70. The lowest BCUT2D eigenvalue weighted by atomic mass is 10.1. The Labute approximate surface area is 138 Å². The third kappa shape index (κ3) is 3.98. The van der Waals surface area contributed by atoms with Crippen molar-refractivity contribution in [2.75, 3.05) is 19.6 Å². The maximum Gasteiger partial charge on any atom is 0.132 e. The fourth-order valence-electron chi connectivity index (χ4n) is 3.38. The van der Waals surface area contributed by atoms with Crippen molar-refractivity contribution in [1.82, 2.24) is 25.0 Å². The van der Waals surface area contributed by atoms with Crippen LogP contribution in [-0.4, -0.2) is 45.3 Å². The molecular formula is C18H27N5. The number of likely N-dealkylation sites (tertiary alicyclic amines) is 1. The minimum Gasteiger partial charge on any atom is -0.316 e. The van der Waals surface area contributed by atoms with Crippen molar-refractivity contribution in [2.24, 2.45) is 0 Å². The van der Waals surface area contributed by atoms with Crippen LogP contribution in [0.4, 0.5) is 0 Å². The Morgan fingerprint density at radius 1 is 1.30 bits per heavy atom. The van der Waals surface area contributed by atoms with E-state index in [1.165, 1.54) is 18.5 Å². The van der Waals surface area contributed by atoms with Gasteiger partial charge in [0.05, 0.1) is 0 Å². The van der Waals surface area contributed by atoms with Crippen molar-refractivity contribution in [3.63, 3.8) is 0 Å². The normalized spacial score (nSPS) is 20.0. The number of nitrogens with zero attached hydrogens (tertiary/aromatic N) is 4. The third-order valence-corrected chi connectivity index (χ3v) is 4.85. The van der Waals surface area contributed by atoms with Crippen LogP contribution in [0.5, 0.6) is 0 Å². The van der Waals surface area contributed by atoms with Crippen molar-refractivity contribution in [3.8, 4) is 0 Å². The minimum absolute atomic E-state index is 0.493. The number of hydrogen-bond acceptors (Lipinski definition) is 4. The van der Waals surface area contributed by atoms with Gasteiger partial charge >= 0.3 is 0 Å². The molecule has 5 heteroatoms. The van der Waals surface area contributed by atoms with Crippen LogP contribution in [0, 0.1) is 0 Å². The SMILES string of the molecule is CCc1nncn1CCNC1CCN(C(C)c2ccccc2)C1. The Morgan fingerprint density at radius 2 is 2.13 bits per heavy atom. The lowest BCUT2D eigenvalue weighted by Gasteiger charge is -2.25. The Hall–Kier alpha value is -1.72. The molecule has 1 N–H and O–H groups in total. The fourth-order valence-corrected chi connectivity index (χ4v) is 3.38. The van der Waals surface area contributed by atoms with Crippen molar-refractivity contribution >= 4 is 0 Å². The number of nitrogens with one attached hydrogen (secondary N) is 1. The quantitative estimate of drug-likeness (QED) is 0.852. The molecule has 0 aliphatic carbocycles. The van der Waals surface area contributed by atoms with Crippen LogP contribution < -0.4 is 5.32 Å². The van der Waals surface area contributed by atoms with E-state index in [0.717, 1.165) is 31.9 Å². The van der Waals surface area contributed by atoms with Crippen LogP contribution in [-0.2, 0) is 13.0 Å². The zero-order chi connectivity index (χ0) is 16.1. The van der Waals surface area contributed by atoms with E-state index in [9.17, 15) is 0 Å². The molecule has 1 aliphatic rings. The van der Waals surface area contributed by atoms with Crippen LogP contribution in [0.1, 0.15) is 37.7 Å². The predicted octanol–water partition coefficient (Wildman–Crippen LogP) is 2.27. The van der Waals surface area contributed by atoms with E-state index in [1.807, 2.05) is 6.33 Å². The third-order valence-electron chi connectivity index (χ3n) is 4.85. The molecule has 0 spiro atoms. The summed E-state index contributed by atoms with van der Waals surface area (Å²) in [5, 5.41) is 11.8. The van der Waals surface area contributed by atoms with Gasteiger partial charge in [-0.25, -0.2) is 0 Å². The Bertz CT molecular complexity index is 594. The number of aromatic nitrogens is 3. The van der Waals surface area contributed by atoms with Gasteiger partial charge in [-0.2, -0.15) is 0 Å². The molecule has 124 valence electrons. The summed E-state index contributed by atoms with van der Waals surface area (Å²) in [6, 6.07) is 11.9. The second-order valence-corrected chi connectivity index (χ2v) is 6.32. The van der Waals surface area contributed by atoms with Gasteiger partial charge < -0.3 is 9.88 Å². The van der Waals surface area contributed by atoms with E-state index in [4.69, 9.17) is 0 Å². The molecular weight excluding hydrogens is 286 g/mol. The molecule has 23 heavy (non-hydrogen) atoms. The Morgan fingerprint density at radius 3 is 2.91 bits per heavy atom. The Balaban J connectivity index is 1.45. The van der Waals surface area contributed by atoms with E-state index in [0.29, 0.717) is 12.1 Å². The molecule has 0 amide bonds. The monoisotopic (exact) mass is 313 g/mol. The number of aryl methyl sites for hydroxylation is 1.